The SMILES string of the molecule is Nc1nc(NCc2cccs2)c2nc(NC(=O)O)oc2n1. The average molecular weight is 306 g/mol. The zero-order valence-corrected chi connectivity index (χ0v) is 11.3. The second-order valence-corrected chi connectivity index (χ2v) is 5.00. The Morgan fingerprint density at radius 2 is 2.29 bits per heavy atom. The maximum absolute atomic E-state index is 10.6. The normalized spacial score (nSPS) is 10.7. The summed E-state index contributed by atoms with van der Waals surface area (Å²) < 4.78 is 5.17. The van der Waals surface area contributed by atoms with E-state index in [1.54, 1.807) is 11.3 Å². The fraction of sp³-hybridized carbons (Fsp3) is 0.0909. The molecule has 3 heterocycles. The molecule has 0 saturated carbocycles. The predicted octanol–water partition coefficient (Wildman–Crippen LogP) is 1.96. The van der Waals surface area contributed by atoms with Crippen molar-refractivity contribution in [2.45, 2.75) is 6.54 Å². The molecule has 0 aliphatic heterocycles. The third-order valence-electron chi connectivity index (χ3n) is 2.50. The standard InChI is InChI=1S/C11H10N6O3S/c12-9-15-7(13-4-5-2-1-3-21-5)6-8(16-9)20-10(14-6)17-11(18)19/h1-3H,4H2,(H,14,17)(H,18,19)(H3,12,13,15,16). The molecule has 0 aliphatic carbocycles. The Bertz CT molecular complexity index is 785. The van der Waals surface area contributed by atoms with Gasteiger partial charge in [0.1, 0.15) is 0 Å². The van der Waals surface area contributed by atoms with Gasteiger partial charge in [0.2, 0.25) is 5.95 Å². The number of oxazole rings is 1. The van der Waals surface area contributed by atoms with Gasteiger partial charge in [-0.25, -0.2) is 10.1 Å². The average Bonchev–Trinajstić information content (AvgIpc) is 3.03. The summed E-state index contributed by atoms with van der Waals surface area (Å²) in [7, 11) is 0. The van der Waals surface area contributed by atoms with E-state index in [2.05, 4.69) is 20.3 Å². The summed E-state index contributed by atoms with van der Waals surface area (Å²) in [5, 5.41) is 15.7. The van der Waals surface area contributed by atoms with E-state index >= 15 is 0 Å². The van der Waals surface area contributed by atoms with Crippen molar-refractivity contribution in [3.05, 3.63) is 22.4 Å². The van der Waals surface area contributed by atoms with Gasteiger partial charge in [0.05, 0.1) is 6.54 Å². The summed E-state index contributed by atoms with van der Waals surface area (Å²) >= 11 is 1.59. The van der Waals surface area contributed by atoms with Crippen LogP contribution in [-0.4, -0.2) is 26.2 Å². The minimum atomic E-state index is -1.28. The number of anilines is 3. The smallest absolute Gasteiger partial charge is 0.412 e. The van der Waals surface area contributed by atoms with Crippen LogP contribution >= 0.6 is 11.3 Å². The van der Waals surface area contributed by atoms with E-state index in [0.29, 0.717) is 17.9 Å². The van der Waals surface area contributed by atoms with Gasteiger partial charge >= 0.3 is 12.1 Å². The van der Waals surface area contributed by atoms with Crippen molar-refractivity contribution >= 4 is 46.4 Å². The molecule has 0 fully saturated rings. The molecule has 0 spiro atoms. The number of hydrogen-bond donors (Lipinski definition) is 4. The Balaban J connectivity index is 1.92. The number of hydrogen-bond acceptors (Lipinski definition) is 8. The number of nitrogens with zero attached hydrogens (tertiary/aromatic N) is 3. The Morgan fingerprint density at radius 3 is 3.00 bits per heavy atom. The maximum atomic E-state index is 10.6. The van der Waals surface area contributed by atoms with Crippen LogP contribution in [0.25, 0.3) is 11.2 Å². The molecule has 21 heavy (non-hydrogen) atoms. The van der Waals surface area contributed by atoms with E-state index in [-0.39, 0.29) is 17.7 Å². The summed E-state index contributed by atoms with van der Waals surface area (Å²) in [6.45, 7) is 0.539. The number of carbonyl (C=O) groups is 1. The molecule has 0 aromatic carbocycles. The van der Waals surface area contributed by atoms with Crippen molar-refractivity contribution in [1.29, 1.82) is 0 Å². The number of fused-ring (bicyclic) bond motifs is 1. The van der Waals surface area contributed by atoms with E-state index in [1.807, 2.05) is 22.8 Å². The molecule has 0 aliphatic rings. The van der Waals surface area contributed by atoms with Crippen LogP contribution in [0.15, 0.2) is 21.9 Å². The molecule has 10 heteroatoms. The van der Waals surface area contributed by atoms with Gasteiger partial charge in [-0.3, -0.25) is 0 Å². The lowest BCUT2D eigenvalue weighted by atomic mass is 10.4. The lowest BCUT2D eigenvalue weighted by Crippen LogP contribution is -2.07. The Morgan fingerprint density at radius 1 is 1.43 bits per heavy atom. The van der Waals surface area contributed by atoms with Crippen molar-refractivity contribution in [1.82, 2.24) is 15.0 Å². The molecule has 1 amide bonds. The molecule has 0 atom stereocenters. The topological polar surface area (TPSA) is 139 Å². The summed E-state index contributed by atoms with van der Waals surface area (Å²) in [5.41, 5.74) is 6.02. The van der Waals surface area contributed by atoms with Crippen LogP contribution in [0, 0.1) is 0 Å². The highest BCUT2D eigenvalue weighted by atomic mass is 32.1. The van der Waals surface area contributed by atoms with Crippen LogP contribution in [-0.2, 0) is 6.54 Å². The van der Waals surface area contributed by atoms with Gasteiger partial charge in [-0.15, -0.1) is 11.3 Å². The Labute approximate surface area is 121 Å². The van der Waals surface area contributed by atoms with E-state index in [0.717, 1.165) is 4.88 Å². The predicted molar refractivity (Wildman–Crippen MR) is 77.3 cm³/mol. The van der Waals surface area contributed by atoms with Crippen LogP contribution in [0.5, 0.6) is 0 Å². The molecule has 0 radical (unpaired) electrons. The summed E-state index contributed by atoms with van der Waals surface area (Å²) in [4.78, 5) is 23.6. The van der Waals surface area contributed by atoms with Crippen LogP contribution in [0.3, 0.4) is 0 Å². The first-order chi connectivity index (χ1) is 10.1. The van der Waals surface area contributed by atoms with Crippen LogP contribution in [0.1, 0.15) is 4.88 Å². The van der Waals surface area contributed by atoms with Gasteiger partial charge in [0.25, 0.3) is 5.71 Å². The van der Waals surface area contributed by atoms with Crippen molar-refractivity contribution in [2.24, 2.45) is 0 Å². The Kier molecular flexibility index (Phi) is 3.28. The monoisotopic (exact) mass is 306 g/mol. The van der Waals surface area contributed by atoms with Crippen molar-refractivity contribution in [3.63, 3.8) is 0 Å². The van der Waals surface area contributed by atoms with Gasteiger partial charge < -0.3 is 20.6 Å². The summed E-state index contributed by atoms with van der Waals surface area (Å²) in [6.07, 6.45) is -1.28. The fourth-order valence-electron chi connectivity index (χ4n) is 1.69. The minimum Gasteiger partial charge on any atom is -0.465 e. The second-order valence-electron chi connectivity index (χ2n) is 3.97. The Hall–Kier alpha value is -2.88. The molecule has 0 bridgehead atoms. The quantitative estimate of drug-likeness (QED) is 0.573. The first-order valence-electron chi connectivity index (χ1n) is 5.82. The van der Waals surface area contributed by atoms with Gasteiger partial charge in [0, 0.05) is 4.88 Å². The van der Waals surface area contributed by atoms with Crippen molar-refractivity contribution in [3.8, 4) is 0 Å². The van der Waals surface area contributed by atoms with Gasteiger partial charge in [-0.1, -0.05) is 6.07 Å². The number of nitrogens with two attached hydrogens (primary N) is 1. The molecule has 3 rings (SSSR count). The molecular formula is C11H10N6O3S. The maximum Gasteiger partial charge on any atom is 0.412 e. The molecule has 9 nitrogen and oxygen atoms in total. The summed E-state index contributed by atoms with van der Waals surface area (Å²) in [6, 6.07) is 3.73. The third-order valence-corrected chi connectivity index (χ3v) is 3.38. The highest BCUT2D eigenvalue weighted by Gasteiger charge is 2.15. The number of carboxylic acid groups (broad SMARTS) is 1. The molecule has 3 aromatic heterocycles. The molecule has 0 saturated heterocycles. The molecule has 3 aromatic rings. The van der Waals surface area contributed by atoms with Gasteiger partial charge in [-0.05, 0) is 11.4 Å². The summed E-state index contributed by atoms with van der Waals surface area (Å²) in [5.74, 6) is 0.391. The zero-order valence-electron chi connectivity index (χ0n) is 10.5. The van der Waals surface area contributed by atoms with Crippen LogP contribution in [0.4, 0.5) is 22.6 Å². The number of nitrogen functional groups attached to an aromatic ring is 1. The van der Waals surface area contributed by atoms with Gasteiger partial charge in [-0.2, -0.15) is 15.0 Å². The first-order valence-corrected chi connectivity index (χ1v) is 6.70. The fourth-order valence-corrected chi connectivity index (χ4v) is 2.34. The van der Waals surface area contributed by atoms with Gasteiger partial charge in [0.15, 0.2) is 11.3 Å². The molecule has 108 valence electrons. The van der Waals surface area contributed by atoms with E-state index in [4.69, 9.17) is 15.3 Å². The highest BCUT2D eigenvalue weighted by Crippen LogP contribution is 2.24. The van der Waals surface area contributed by atoms with Crippen molar-refractivity contribution in [2.75, 3.05) is 16.4 Å². The highest BCUT2D eigenvalue weighted by molar-refractivity contribution is 7.09. The molecular weight excluding hydrogens is 296 g/mol. The van der Waals surface area contributed by atoms with Crippen LogP contribution < -0.4 is 16.4 Å². The number of amides is 1. The number of nitrogens with one attached hydrogen (secondary N) is 2. The number of rotatable bonds is 4. The zero-order chi connectivity index (χ0) is 14.8. The van der Waals surface area contributed by atoms with Crippen molar-refractivity contribution < 1.29 is 14.3 Å². The van der Waals surface area contributed by atoms with E-state index in [1.165, 1.54) is 0 Å². The third kappa shape index (κ3) is 2.84. The lowest BCUT2D eigenvalue weighted by molar-refractivity contribution is 0.209. The minimum absolute atomic E-state index is 0.00852. The number of thiophene rings is 1. The van der Waals surface area contributed by atoms with E-state index < -0.39 is 6.09 Å². The van der Waals surface area contributed by atoms with E-state index in [9.17, 15) is 4.79 Å². The largest absolute Gasteiger partial charge is 0.465 e. The number of aromatic nitrogens is 3. The molecule has 0 unspecified atom stereocenters. The first kappa shape index (κ1) is 13.1. The molecule has 5 N–H and O–H groups in total. The second kappa shape index (κ2) is 5.25. The lowest BCUT2D eigenvalue weighted by Gasteiger charge is -2.04. The van der Waals surface area contributed by atoms with Crippen LogP contribution in [0.2, 0.25) is 0 Å².